The van der Waals surface area contributed by atoms with Crippen molar-refractivity contribution in [2.24, 2.45) is 0 Å². The van der Waals surface area contributed by atoms with Gasteiger partial charge in [0.25, 0.3) is 0 Å². The van der Waals surface area contributed by atoms with Crippen LogP contribution in [0.15, 0.2) is 0 Å². The van der Waals surface area contributed by atoms with Gasteiger partial charge in [-0.3, -0.25) is 4.79 Å². The molecule has 0 radical (unpaired) electrons. The van der Waals surface area contributed by atoms with E-state index in [9.17, 15) is 4.79 Å². The Balaban J connectivity index is 2.18. The monoisotopic (exact) mass is 233 g/mol. The minimum Gasteiger partial charge on any atom is -0.394 e. The van der Waals surface area contributed by atoms with E-state index >= 15 is 0 Å². The van der Waals surface area contributed by atoms with Gasteiger partial charge >= 0.3 is 0 Å². The Morgan fingerprint density at radius 1 is 1.31 bits per heavy atom. The van der Waals surface area contributed by atoms with Gasteiger partial charge in [0.1, 0.15) is 0 Å². The Hall–Kier alpha value is -0.690. The molecule has 0 saturated carbocycles. The highest BCUT2D eigenvalue weighted by atomic mass is 16.5. The first-order valence-corrected chi connectivity index (χ1v) is 5.50. The lowest BCUT2D eigenvalue weighted by atomic mass is 10.4. The van der Waals surface area contributed by atoms with Crippen LogP contribution in [-0.4, -0.2) is 66.8 Å². The molecule has 1 heterocycles. The minimum absolute atomic E-state index is 0.0198. The van der Waals surface area contributed by atoms with Crippen LogP contribution in [0.1, 0.15) is 12.8 Å². The van der Waals surface area contributed by atoms with Crippen molar-refractivity contribution in [1.29, 1.82) is 0 Å². The van der Waals surface area contributed by atoms with Gasteiger partial charge in [0.05, 0.1) is 33.0 Å². The summed E-state index contributed by atoms with van der Waals surface area (Å²) in [6.45, 7) is 1.34. The molecule has 0 bridgehead atoms. The predicted molar refractivity (Wildman–Crippen MR) is 55.7 cm³/mol. The molecule has 1 rings (SSSR count). The van der Waals surface area contributed by atoms with Gasteiger partial charge in [0, 0.05) is 13.0 Å². The van der Waals surface area contributed by atoms with Gasteiger partial charge in [-0.25, -0.2) is 0 Å². The molecule has 6 heteroatoms. The third kappa shape index (κ3) is 4.05. The number of carbonyl (C=O) groups excluding carboxylic acids is 1. The average molecular weight is 233 g/mol. The third-order valence-corrected chi connectivity index (χ3v) is 2.39. The molecular weight excluding hydrogens is 214 g/mol. The van der Waals surface area contributed by atoms with E-state index in [0.717, 1.165) is 6.42 Å². The van der Waals surface area contributed by atoms with Crippen molar-refractivity contribution in [2.45, 2.75) is 19.1 Å². The van der Waals surface area contributed by atoms with Gasteiger partial charge in [-0.1, -0.05) is 0 Å². The summed E-state index contributed by atoms with van der Waals surface area (Å²) in [5.74, 6) is 0.0235. The zero-order valence-electron chi connectivity index (χ0n) is 9.30. The van der Waals surface area contributed by atoms with E-state index in [1.165, 1.54) is 0 Å². The Morgan fingerprint density at radius 2 is 2.12 bits per heavy atom. The number of nitrogens with zero attached hydrogens (tertiary/aromatic N) is 1. The first-order chi connectivity index (χ1) is 7.79. The standard InChI is InChI=1S/C10H19NO5/c12-4-5-15-6-7-16-10(8-13)11-3-1-2-9(11)14/h10,12-13H,1-8H2. The first kappa shape index (κ1) is 13.4. The molecule has 1 atom stereocenters. The average Bonchev–Trinajstić information content (AvgIpc) is 2.70. The summed E-state index contributed by atoms with van der Waals surface area (Å²) in [4.78, 5) is 12.9. The molecule has 1 fully saturated rings. The predicted octanol–water partition coefficient (Wildman–Crippen LogP) is -1.05. The number of amides is 1. The smallest absolute Gasteiger partial charge is 0.224 e. The van der Waals surface area contributed by atoms with Crippen molar-refractivity contribution >= 4 is 5.91 Å². The van der Waals surface area contributed by atoms with E-state index in [1.807, 2.05) is 0 Å². The number of aliphatic hydroxyl groups excluding tert-OH is 2. The van der Waals surface area contributed by atoms with Crippen molar-refractivity contribution in [3.05, 3.63) is 0 Å². The maximum Gasteiger partial charge on any atom is 0.224 e. The highest BCUT2D eigenvalue weighted by molar-refractivity contribution is 5.78. The molecule has 1 aliphatic heterocycles. The second-order valence-corrected chi connectivity index (χ2v) is 3.53. The summed E-state index contributed by atoms with van der Waals surface area (Å²) >= 11 is 0. The normalized spacial score (nSPS) is 18.1. The lowest BCUT2D eigenvalue weighted by Crippen LogP contribution is -2.41. The van der Waals surface area contributed by atoms with Crippen molar-refractivity contribution in [3.8, 4) is 0 Å². The molecule has 1 aliphatic rings. The summed E-state index contributed by atoms with van der Waals surface area (Å²) < 4.78 is 10.3. The van der Waals surface area contributed by atoms with E-state index in [2.05, 4.69) is 0 Å². The maximum atomic E-state index is 11.4. The fraction of sp³-hybridized carbons (Fsp3) is 0.900. The minimum atomic E-state index is -0.562. The zero-order chi connectivity index (χ0) is 11.8. The highest BCUT2D eigenvalue weighted by Gasteiger charge is 2.27. The fourth-order valence-corrected chi connectivity index (χ4v) is 1.62. The van der Waals surface area contributed by atoms with E-state index in [1.54, 1.807) is 4.90 Å². The van der Waals surface area contributed by atoms with Gasteiger partial charge in [0.2, 0.25) is 5.91 Å². The molecule has 2 N–H and O–H groups in total. The molecule has 0 aromatic rings. The lowest BCUT2D eigenvalue weighted by molar-refractivity contribution is -0.147. The molecule has 1 unspecified atom stereocenters. The number of carbonyl (C=O) groups is 1. The zero-order valence-corrected chi connectivity index (χ0v) is 9.30. The van der Waals surface area contributed by atoms with Crippen molar-refractivity contribution in [1.82, 2.24) is 4.90 Å². The summed E-state index contributed by atoms with van der Waals surface area (Å²) in [5, 5.41) is 17.6. The van der Waals surface area contributed by atoms with Gasteiger partial charge in [-0.05, 0) is 6.42 Å². The van der Waals surface area contributed by atoms with Crippen LogP contribution in [0.5, 0.6) is 0 Å². The summed E-state index contributed by atoms with van der Waals surface area (Å²) in [5.41, 5.74) is 0. The molecule has 0 spiro atoms. The van der Waals surface area contributed by atoms with E-state index < -0.39 is 6.23 Å². The third-order valence-electron chi connectivity index (χ3n) is 2.39. The topological polar surface area (TPSA) is 79.2 Å². The number of aliphatic hydroxyl groups is 2. The van der Waals surface area contributed by atoms with Crippen LogP contribution >= 0.6 is 0 Å². The van der Waals surface area contributed by atoms with Crippen LogP contribution in [0, 0.1) is 0 Å². The molecular formula is C10H19NO5. The van der Waals surface area contributed by atoms with Crippen molar-refractivity contribution < 1.29 is 24.5 Å². The van der Waals surface area contributed by atoms with Gasteiger partial charge in [-0.15, -0.1) is 0 Å². The number of ether oxygens (including phenoxy) is 2. The molecule has 1 saturated heterocycles. The van der Waals surface area contributed by atoms with Crippen LogP contribution < -0.4 is 0 Å². The lowest BCUT2D eigenvalue weighted by Gasteiger charge is -2.25. The van der Waals surface area contributed by atoms with Crippen molar-refractivity contribution in [2.75, 3.05) is 39.6 Å². The van der Waals surface area contributed by atoms with Crippen molar-refractivity contribution in [3.63, 3.8) is 0 Å². The number of hydrogen-bond acceptors (Lipinski definition) is 5. The first-order valence-electron chi connectivity index (χ1n) is 5.50. The SMILES string of the molecule is O=C1CCCN1C(CO)OCCOCCO. The van der Waals surface area contributed by atoms with Crippen LogP contribution in [0.3, 0.4) is 0 Å². The van der Waals surface area contributed by atoms with E-state index in [4.69, 9.17) is 19.7 Å². The molecule has 6 nitrogen and oxygen atoms in total. The van der Waals surface area contributed by atoms with Gasteiger partial charge in [-0.2, -0.15) is 0 Å². The molecule has 0 aromatic carbocycles. The molecule has 94 valence electrons. The summed E-state index contributed by atoms with van der Waals surface area (Å²) in [6.07, 6.45) is 0.786. The Morgan fingerprint density at radius 3 is 2.69 bits per heavy atom. The Kier molecular flexibility index (Phi) is 6.32. The van der Waals surface area contributed by atoms with Crippen LogP contribution in [0.25, 0.3) is 0 Å². The summed E-state index contributed by atoms with van der Waals surface area (Å²) in [7, 11) is 0. The van der Waals surface area contributed by atoms with Gasteiger partial charge in [0.15, 0.2) is 6.23 Å². The van der Waals surface area contributed by atoms with E-state index in [-0.39, 0.29) is 25.7 Å². The largest absolute Gasteiger partial charge is 0.394 e. The number of hydrogen-bond donors (Lipinski definition) is 2. The van der Waals surface area contributed by atoms with E-state index in [0.29, 0.717) is 26.2 Å². The molecule has 0 aromatic heterocycles. The number of likely N-dealkylation sites (tertiary alicyclic amines) is 1. The molecule has 0 aliphatic carbocycles. The van der Waals surface area contributed by atoms with Gasteiger partial charge < -0.3 is 24.6 Å². The number of rotatable bonds is 8. The Labute approximate surface area is 94.8 Å². The fourth-order valence-electron chi connectivity index (χ4n) is 1.62. The second kappa shape index (κ2) is 7.56. The Bertz CT molecular complexity index is 211. The van der Waals surface area contributed by atoms with Crippen LogP contribution in [0.4, 0.5) is 0 Å². The summed E-state index contributed by atoms with van der Waals surface area (Å²) in [6, 6.07) is 0. The van der Waals surface area contributed by atoms with Crippen LogP contribution in [-0.2, 0) is 14.3 Å². The quantitative estimate of drug-likeness (QED) is 0.523. The van der Waals surface area contributed by atoms with Crippen LogP contribution in [0.2, 0.25) is 0 Å². The highest BCUT2D eigenvalue weighted by Crippen LogP contribution is 2.14. The second-order valence-electron chi connectivity index (χ2n) is 3.53. The molecule has 1 amide bonds. The molecule has 16 heavy (non-hydrogen) atoms. The maximum absolute atomic E-state index is 11.4.